The lowest BCUT2D eigenvalue weighted by Crippen LogP contribution is -2.53. The number of carbonyl (C=O) groups is 1. The van der Waals surface area contributed by atoms with Gasteiger partial charge < -0.3 is 4.90 Å². The molecule has 1 aliphatic rings. The van der Waals surface area contributed by atoms with Gasteiger partial charge in [0.15, 0.2) is 0 Å². The first-order chi connectivity index (χ1) is 14.5. The van der Waals surface area contributed by atoms with Crippen molar-refractivity contribution in [3.63, 3.8) is 0 Å². The summed E-state index contributed by atoms with van der Waals surface area (Å²) in [5.41, 5.74) is 1.99. The maximum absolute atomic E-state index is 12.8. The molecule has 0 aliphatic carbocycles. The number of likely N-dealkylation sites (N-methyl/N-ethyl adjacent to an activating group) is 1. The smallest absolute Gasteiger partial charge is 0.236 e. The number of rotatable bonds is 11. The van der Waals surface area contributed by atoms with Crippen LogP contribution in [0.5, 0.6) is 0 Å². The zero-order valence-corrected chi connectivity index (χ0v) is 19.4. The molecule has 1 saturated heterocycles. The quantitative estimate of drug-likeness (QED) is 0.549. The van der Waals surface area contributed by atoms with Crippen LogP contribution in [0.15, 0.2) is 24.3 Å². The summed E-state index contributed by atoms with van der Waals surface area (Å²) >= 11 is 0. The number of hydrogen-bond donors (Lipinski definition) is 0. The summed E-state index contributed by atoms with van der Waals surface area (Å²) in [7, 11) is 2.05. The van der Waals surface area contributed by atoms with Crippen LogP contribution < -0.4 is 0 Å². The van der Waals surface area contributed by atoms with Crippen LogP contribution in [-0.2, 0) is 4.79 Å². The average Bonchev–Trinajstić information content (AvgIpc) is 2.78. The SMILES string of the molecule is CCCC(CC)N1CCN(C(=O)CN(C)CCC(CC)c2ccc(C#N)cc2)CC1. The van der Waals surface area contributed by atoms with Gasteiger partial charge in [0.05, 0.1) is 18.2 Å². The van der Waals surface area contributed by atoms with Gasteiger partial charge in [-0.2, -0.15) is 5.26 Å². The number of amides is 1. The molecule has 1 aromatic rings. The number of nitriles is 1. The third-order valence-corrected chi connectivity index (χ3v) is 6.54. The first-order valence-corrected chi connectivity index (χ1v) is 11.7. The molecule has 0 saturated carbocycles. The van der Waals surface area contributed by atoms with Gasteiger partial charge in [0.2, 0.25) is 5.91 Å². The van der Waals surface area contributed by atoms with E-state index in [-0.39, 0.29) is 5.91 Å². The highest BCUT2D eigenvalue weighted by atomic mass is 16.2. The molecule has 166 valence electrons. The van der Waals surface area contributed by atoms with Crippen molar-refractivity contribution in [1.82, 2.24) is 14.7 Å². The van der Waals surface area contributed by atoms with Crippen molar-refractivity contribution < 1.29 is 4.79 Å². The Kier molecular flexibility index (Phi) is 10.3. The molecular weight excluding hydrogens is 372 g/mol. The van der Waals surface area contributed by atoms with Crippen molar-refractivity contribution in [2.45, 2.75) is 64.8 Å². The molecule has 0 radical (unpaired) electrons. The molecule has 5 nitrogen and oxygen atoms in total. The van der Waals surface area contributed by atoms with E-state index in [4.69, 9.17) is 5.26 Å². The molecule has 0 bridgehead atoms. The van der Waals surface area contributed by atoms with Gasteiger partial charge in [-0.15, -0.1) is 0 Å². The molecule has 0 N–H and O–H groups in total. The van der Waals surface area contributed by atoms with E-state index in [1.807, 2.05) is 24.1 Å². The fourth-order valence-electron chi connectivity index (χ4n) is 4.54. The minimum Gasteiger partial charge on any atom is -0.339 e. The van der Waals surface area contributed by atoms with Crippen LogP contribution in [0, 0.1) is 11.3 Å². The number of piperazine rings is 1. The van der Waals surface area contributed by atoms with E-state index in [9.17, 15) is 4.79 Å². The summed E-state index contributed by atoms with van der Waals surface area (Å²) in [6.07, 6.45) is 5.76. The minimum atomic E-state index is 0.257. The summed E-state index contributed by atoms with van der Waals surface area (Å²) in [4.78, 5) is 19.5. The number of nitrogens with zero attached hydrogens (tertiary/aromatic N) is 4. The number of carbonyl (C=O) groups excluding carboxylic acids is 1. The first-order valence-electron chi connectivity index (χ1n) is 11.7. The summed E-state index contributed by atoms with van der Waals surface area (Å²) < 4.78 is 0. The summed E-state index contributed by atoms with van der Waals surface area (Å²) in [6.45, 7) is 11.8. The van der Waals surface area contributed by atoms with Gasteiger partial charge in [-0.25, -0.2) is 0 Å². The molecule has 5 heteroatoms. The summed E-state index contributed by atoms with van der Waals surface area (Å²) in [6, 6.07) is 10.8. The monoisotopic (exact) mass is 412 g/mol. The van der Waals surface area contributed by atoms with Gasteiger partial charge in [0, 0.05) is 32.2 Å². The van der Waals surface area contributed by atoms with Crippen molar-refractivity contribution in [2.75, 3.05) is 46.3 Å². The maximum atomic E-state index is 12.8. The Morgan fingerprint density at radius 2 is 1.73 bits per heavy atom. The fourth-order valence-corrected chi connectivity index (χ4v) is 4.54. The van der Waals surface area contributed by atoms with Crippen LogP contribution in [0.1, 0.15) is 69.9 Å². The molecule has 0 spiro atoms. The predicted molar refractivity (Wildman–Crippen MR) is 123 cm³/mol. The van der Waals surface area contributed by atoms with Gasteiger partial charge in [0.25, 0.3) is 0 Å². The van der Waals surface area contributed by atoms with Gasteiger partial charge >= 0.3 is 0 Å². The highest BCUT2D eigenvalue weighted by Crippen LogP contribution is 2.24. The second-order valence-corrected chi connectivity index (χ2v) is 8.63. The zero-order valence-electron chi connectivity index (χ0n) is 19.4. The molecule has 0 aromatic heterocycles. The van der Waals surface area contributed by atoms with Crippen LogP contribution in [-0.4, -0.2) is 73.0 Å². The van der Waals surface area contributed by atoms with Crippen molar-refractivity contribution in [3.8, 4) is 6.07 Å². The lowest BCUT2D eigenvalue weighted by atomic mass is 9.92. The summed E-state index contributed by atoms with van der Waals surface area (Å²) in [5.74, 6) is 0.718. The maximum Gasteiger partial charge on any atom is 0.236 e. The lowest BCUT2D eigenvalue weighted by Gasteiger charge is -2.39. The Morgan fingerprint density at radius 3 is 2.27 bits per heavy atom. The standard InChI is InChI=1S/C25H40N4O/c1-5-8-24(7-3)28-15-17-29(18-16-28)25(30)20-27(4)14-13-22(6-2)23-11-9-21(19-26)10-12-23/h9-12,22,24H,5-8,13-18,20H2,1-4H3. The van der Waals surface area contributed by atoms with Crippen molar-refractivity contribution >= 4 is 5.91 Å². The highest BCUT2D eigenvalue weighted by molar-refractivity contribution is 5.78. The predicted octanol–water partition coefficient (Wildman–Crippen LogP) is 4.10. The third-order valence-electron chi connectivity index (χ3n) is 6.54. The van der Waals surface area contributed by atoms with Gasteiger partial charge in [0.1, 0.15) is 0 Å². The zero-order chi connectivity index (χ0) is 21.9. The number of benzene rings is 1. The normalized spacial score (nSPS) is 17.0. The summed E-state index contributed by atoms with van der Waals surface area (Å²) in [5, 5.41) is 8.97. The highest BCUT2D eigenvalue weighted by Gasteiger charge is 2.25. The van der Waals surface area contributed by atoms with E-state index in [1.54, 1.807) is 0 Å². The average molecular weight is 413 g/mol. The van der Waals surface area contributed by atoms with E-state index < -0.39 is 0 Å². The molecule has 1 heterocycles. The van der Waals surface area contributed by atoms with Crippen LogP contribution in [0.2, 0.25) is 0 Å². The molecule has 2 rings (SSSR count). The Balaban J connectivity index is 1.76. The van der Waals surface area contributed by atoms with Gasteiger partial charge in [-0.3, -0.25) is 14.6 Å². The van der Waals surface area contributed by atoms with Crippen LogP contribution in [0.4, 0.5) is 0 Å². The van der Waals surface area contributed by atoms with E-state index >= 15 is 0 Å². The molecular formula is C25H40N4O. The molecule has 1 amide bonds. The van der Waals surface area contributed by atoms with E-state index in [0.29, 0.717) is 24.1 Å². The van der Waals surface area contributed by atoms with E-state index in [1.165, 1.54) is 24.8 Å². The Hall–Kier alpha value is -1.90. The minimum absolute atomic E-state index is 0.257. The second-order valence-electron chi connectivity index (χ2n) is 8.63. The van der Waals surface area contributed by atoms with Crippen LogP contribution >= 0.6 is 0 Å². The molecule has 1 aliphatic heterocycles. The van der Waals surface area contributed by atoms with E-state index in [0.717, 1.165) is 45.6 Å². The Morgan fingerprint density at radius 1 is 1.07 bits per heavy atom. The van der Waals surface area contributed by atoms with Crippen LogP contribution in [0.25, 0.3) is 0 Å². The third kappa shape index (κ3) is 7.11. The molecule has 1 fully saturated rings. The molecule has 2 atom stereocenters. The van der Waals surface area contributed by atoms with Crippen molar-refractivity contribution in [2.24, 2.45) is 0 Å². The Labute approximate surface area is 183 Å². The number of hydrogen-bond acceptors (Lipinski definition) is 4. The molecule has 1 aromatic carbocycles. The molecule has 30 heavy (non-hydrogen) atoms. The first kappa shape index (κ1) is 24.4. The van der Waals surface area contributed by atoms with Crippen LogP contribution in [0.3, 0.4) is 0 Å². The molecule has 2 unspecified atom stereocenters. The van der Waals surface area contributed by atoms with Crippen molar-refractivity contribution in [3.05, 3.63) is 35.4 Å². The Bertz CT molecular complexity index is 673. The van der Waals surface area contributed by atoms with Gasteiger partial charge in [-0.1, -0.05) is 39.3 Å². The lowest BCUT2D eigenvalue weighted by molar-refractivity contribution is -0.134. The van der Waals surface area contributed by atoms with E-state index in [2.05, 4.69) is 48.8 Å². The largest absolute Gasteiger partial charge is 0.339 e. The second kappa shape index (κ2) is 12.7. The van der Waals surface area contributed by atoms with Gasteiger partial charge in [-0.05, 0) is 62.9 Å². The fraction of sp³-hybridized carbons (Fsp3) is 0.680. The topological polar surface area (TPSA) is 50.6 Å². The van der Waals surface area contributed by atoms with Crippen molar-refractivity contribution in [1.29, 1.82) is 5.26 Å².